The van der Waals surface area contributed by atoms with Crippen molar-refractivity contribution in [1.82, 2.24) is 4.98 Å². The van der Waals surface area contributed by atoms with Gasteiger partial charge in [0.15, 0.2) is 11.5 Å². The number of pyridine rings is 1. The Balaban J connectivity index is 2.30. The molecule has 0 radical (unpaired) electrons. The van der Waals surface area contributed by atoms with Crippen LogP contribution >= 0.6 is 0 Å². The first kappa shape index (κ1) is 13.4. The summed E-state index contributed by atoms with van der Waals surface area (Å²) in [7, 11) is 3.25. The molecule has 0 bridgehead atoms. The van der Waals surface area contributed by atoms with E-state index in [1.165, 1.54) is 0 Å². The summed E-state index contributed by atoms with van der Waals surface area (Å²) >= 11 is 0. The molecule has 4 heteroatoms. The van der Waals surface area contributed by atoms with Crippen LogP contribution in [0.1, 0.15) is 5.56 Å². The molecule has 0 aliphatic carbocycles. The fourth-order valence-electron chi connectivity index (χ4n) is 1.91. The predicted molar refractivity (Wildman–Crippen MR) is 75.5 cm³/mol. The quantitative estimate of drug-likeness (QED) is 0.893. The lowest BCUT2D eigenvalue weighted by Crippen LogP contribution is -2.02. The number of benzene rings is 1. The lowest BCUT2D eigenvalue weighted by Gasteiger charge is -2.09. The molecule has 1 heterocycles. The zero-order valence-electron chi connectivity index (χ0n) is 11.2. The molecule has 0 fully saturated rings. The van der Waals surface area contributed by atoms with Crippen LogP contribution in [0.15, 0.2) is 36.5 Å². The SMILES string of the molecule is COc1ccc(-c2ccc(CCN)cn2)cc1OC. The Labute approximate surface area is 113 Å². The molecule has 0 amide bonds. The third-order valence-corrected chi connectivity index (χ3v) is 2.94. The van der Waals surface area contributed by atoms with E-state index in [9.17, 15) is 0 Å². The normalized spacial score (nSPS) is 10.3. The van der Waals surface area contributed by atoms with E-state index >= 15 is 0 Å². The number of hydrogen-bond acceptors (Lipinski definition) is 4. The van der Waals surface area contributed by atoms with Gasteiger partial charge in [-0.25, -0.2) is 0 Å². The number of aromatic nitrogens is 1. The van der Waals surface area contributed by atoms with Crippen molar-refractivity contribution >= 4 is 0 Å². The molecule has 2 rings (SSSR count). The van der Waals surface area contributed by atoms with E-state index in [2.05, 4.69) is 4.98 Å². The molecule has 2 N–H and O–H groups in total. The molecular weight excluding hydrogens is 240 g/mol. The maximum absolute atomic E-state index is 5.52. The largest absolute Gasteiger partial charge is 0.493 e. The Kier molecular flexibility index (Phi) is 4.36. The predicted octanol–water partition coefficient (Wildman–Crippen LogP) is 2.27. The molecule has 1 aromatic carbocycles. The summed E-state index contributed by atoms with van der Waals surface area (Å²) in [5.74, 6) is 1.42. The summed E-state index contributed by atoms with van der Waals surface area (Å²) in [5, 5.41) is 0. The second-order valence-electron chi connectivity index (χ2n) is 4.16. The highest BCUT2D eigenvalue weighted by atomic mass is 16.5. The van der Waals surface area contributed by atoms with Gasteiger partial charge in [0.2, 0.25) is 0 Å². The van der Waals surface area contributed by atoms with E-state index in [0.29, 0.717) is 18.0 Å². The summed E-state index contributed by atoms with van der Waals surface area (Å²) in [4.78, 5) is 4.45. The van der Waals surface area contributed by atoms with Crippen LogP contribution in [-0.4, -0.2) is 25.7 Å². The van der Waals surface area contributed by atoms with Gasteiger partial charge in [-0.05, 0) is 42.8 Å². The third-order valence-electron chi connectivity index (χ3n) is 2.94. The highest BCUT2D eigenvalue weighted by Crippen LogP contribution is 2.31. The van der Waals surface area contributed by atoms with Crippen molar-refractivity contribution in [2.45, 2.75) is 6.42 Å². The summed E-state index contributed by atoms with van der Waals surface area (Å²) in [5.41, 5.74) is 8.57. The van der Waals surface area contributed by atoms with Crippen LogP contribution in [0, 0.1) is 0 Å². The lowest BCUT2D eigenvalue weighted by atomic mass is 10.1. The van der Waals surface area contributed by atoms with E-state index in [4.69, 9.17) is 15.2 Å². The maximum Gasteiger partial charge on any atom is 0.161 e. The van der Waals surface area contributed by atoms with Crippen LogP contribution in [0.2, 0.25) is 0 Å². The summed E-state index contributed by atoms with van der Waals surface area (Å²) < 4.78 is 10.5. The standard InChI is InChI=1S/C15H18N2O2/c1-18-14-6-4-12(9-15(14)19-2)13-5-3-11(7-8-16)10-17-13/h3-6,9-10H,7-8,16H2,1-2H3. The van der Waals surface area contributed by atoms with Crippen LogP contribution < -0.4 is 15.2 Å². The summed E-state index contributed by atoms with van der Waals surface area (Å²) in [6.07, 6.45) is 2.71. The lowest BCUT2D eigenvalue weighted by molar-refractivity contribution is 0.355. The van der Waals surface area contributed by atoms with Gasteiger partial charge in [0.25, 0.3) is 0 Å². The number of ether oxygens (including phenoxy) is 2. The second-order valence-corrected chi connectivity index (χ2v) is 4.16. The van der Waals surface area contributed by atoms with E-state index < -0.39 is 0 Å². The first-order valence-corrected chi connectivity index (χ1v) is 6.16. The number of rotatable bonds is 5. The molecular formula is C15H18N2O2. The molecule has 0 atom stereocenters. The second kappa shape index (κ2) is 6.20. The van der Waals surface area contributed by atoms with Crippen LogP contribution in [0.4, 0.5) is 0 Å². The zero-order chi connectivity index (χ0) is 13.7. The summed E-state index contributed by atoms with van der Waals surface area (Å²) in [6, 6.07) is 9.80. The summed E-state index contributed by atoms with van der Waals surface area (Å²) in [6.45, 7) is 0.636. The minimum absolute atomic E-state index is 0.636. The highest BCUT2D eigenvalue weighted by Gasteiger charge is 2.06. The molecule has 0 saturated heterocycles. The smallest absolute Gasteiger partial charge is 0.161 e. The number of nitrogens with zero attached hydrogens (tertiary/aromatic N) is 1. The number of methoxy groups -OCH3 is 2. The van der Waals surface area contributed by atoms with Crippen molar-refractivity contribution < 1.29 is 9.47 Å². The molecule has 0 aliphatic rings. The van der Waals surface area contributed by atoms with Gasteiger partial charge >= 0.3 is 0 Å². The third kappa shape index (κ3) is 3.03. The van der Waals surface area contributed by atoms with Gasteiger partial charge in [-0.3, -0.25) is 4.98 Å². The minimum atomic E-state index is 0.636. The van der Waals surface area contributed by atoms with Crippen molar-refractivity contribution in [3.63, 3.8) is 0 Å². The van der Waals surface area contributed by atoms with Crippen LogP contribution in [0.5, 0.6) is 11.5 Å². The van der Waals surface area contributed by atoms with Crippen LogP contribution in [0.25, 0.3) is 11.3 Å². The number of hydrogen-bond donors (Lipinski definition) is 1. The van der Waals surface area contributed by atoms with E-state index in [0.717, 1.165) is 23.2 Å². The van der Waals surface area contributed by atoms with Crippen LogP contribution in [-0.2, 0) is 6.42 Å². The Morgan fingerprint density at radius 1 is 1.05 bits per heavy atom. The Morgan fingerprint density at radius 3 is 2.42 bits per heavy atom. The average Bonchev–Trinajstić information content (AvgIpc) is 2.47. The van der Waals surface area contributed by atoms with Crippen molar-refractivity contribution in [3.05, 3.63) is 42.1 Å². The molecule has 4 nitrogen and oxygen atoms in total. The van der Waals surface area contributed by atoms with Gasteiger partial charge in [-0.15, -0.1) is 0 Å². The van der Waals surface area contributed by atoms with Gasteiger partial charge in [-0.2, -0.15) is 0 Å². The zero-order valence-corrected chi connectivity index (χ0v) is 11.2. The maximum atomic E-state index is 5.52. The van der Waals surface area contributed by atoms with Crippen molar-refractivity contribution in [3.8, 4) is 22.8 Å². The first-order chi connectivity index (χ1) is 9.28. The van der Waals surface area contributed by atoms with Crippen molar-refractivity contribution in [1.29, 1.82) is 0 Å². The molecule has 2 aromatic rings. The molecule has 0 spiro atoms. The van der Waals surface area contributed by atoms with Crippen LogP contribution in [0.3, 0.4) is 0 Å². The topological polar surface area (TPSA) is 57.4 Å². The van der Waals surface area contributed by atoms with E-state index in [1.807, 2.05) is 36.5 Å². The van der Waals surface area contributed by atoms with Gasteiger partial charge in [0.05, 0.1) is 19.9 Å². The van der Waals surface area contributed by atoms with Crippen molar-refractivity contribution in [2.24, 2.45) is 5.73 Å². The molecule has 0 unspecified atom stereocenters. The fraction of sp³-hybridized carbons (Fsp3) is 0.267. The highest BCUT2D eigenvalue weighted by molar-refractivity contribution is 5.64. The van der Waals surface area contributed by atoms with Gasteiger partial charge in [0.1, 0.15) is 0 Å². The molecule has 100 valence electrons. The van der Waals surface area contributed by atoms with Gasteiger partial charge < -0.3 is 15.2 Å². The Bertz CT molecular complexity index is 538. The minimum Gasteiger partial charge on any atom is -0.493 e. The first-order valence-electron chi connectivity index (χ1n) is 6.16. The monoisotopic (exact) mass is 258 g/mol. The van der Waals surface area contributed by atoms with E-state index in [1.54, 1.807) is 14.2 Å². The molecule has 0 aliphatic heterocycles. The molecule has 0 saturated carbocycles. The molecule has 19 heavy (non-hydrogen) atoms. The van der Waals surface area contributed by atoms with E-state index in [-0.39, 0.29) is 0 Å². The van der Waals surface area contributed by atoms with Gasteiger partial charge in [-0.1, -0.05) is 6.07 Å². The van der Waals surface area contributed by atoms with Crippen molar-refractivity contribution in [2.75, 3.05) is 20.8 Å². The molecule has 1 aromatic heterocycles. The Hall–Kier alpha value is -2.07. The average molecular weight is 258 g/mol. The fourth-order valence-corrected chi connectivity index (χ4v) is 1.91. The number of nitrogens with two attached hydrogens (primary N) is 1. The van der Waals surface area contributed by atoms with Gasteiger partial charge in [0, 0.05) is 11.8 Å². The Morgan fingerprint density at radius 2 is 1.84 bits per heavy atom.